The van der Waals surface area contributed by atoms with Gasteiger partial charge in [0.05, 0.1) is 18.7 Å². The molecule has 0 spiro atoms. The highest BCUT2D eigenvalue weighted by molar-refractivity contribution is 6.04. The van der Waals surface area contributed by atoms with E-state index in [-0.39, 0.29) is 5.78 Å². The topological polar surface area (TPSA) is 99.2 Å². The van der Waals surface area contributed by atoms with Crippen LogP contribution in [0.2, 0.25) is 0 Å². The number of nitrogens with zero attached hydrogens (tertiary/aromatic N) is 5. The van der Waals surface area contributed by atoms with Crippen LogP contribution in [0.5, 0.6) is 5.75 Å². The van der Waals surface area contributed by atoms with Crippen molar-refractivity contribution in [2.45, 2.75) is 45.5 Å². The molecule has 5 rings (SSSR count). The Morgan fingerprint density at radius 3 is 2.44 bits per heavy atom. The maximum absolute atomic E-state index is 12.7. The Hall–Kier alpha value is -4.51. The number of carbonyl (C=O) groups is 1. The number of nitrogens with two attached hydrogens (primary N) is 1. The van der Waals surface area contributed by atoms with E-state index < -0.39 is 17.8 Å². The van der Waals surface area contributed by atoms with E-state index in [1.54, 1.807) is 17.9 Å². The van der Waals surface area contributed by atoms with Gasteiger partial charge in [-0.1, -0.05) is 42.5 Å². The van der Waals surface area contributed by atoms with Gasteiger partial charge < -0.3 is 15.4 Å². The normalized spacial score (nSPS) is 13.4. The molecule has 1 unspecified atom stereocenters. The summed E-state index contributed by atoms with van der Waals surface area (Å²) in [5.41, 5.74) is 10.0. The molecule has 1 aromatic heterocycles. The molecule has 8 nitrogen and oxygen atoms in total. The van der Waals surface area contributed by atoms with Gasteiger partial charge in [-0.2, -0.15) is 13.2 Å². The summed E-state index contributed by atoms with van der Waals surface area (Å²) in [6, 6.07) is 20.5. The van der Waals surface area contributed by atoms with Gasteiger partial charge in [-0.05, 0) is 83.8 Å². The smallest absolute Gasteiger partial charge is 0.416 e. The third-order valence-electron chi connectivity index (χ3n) is 7.27. The lowest BCUT2D eigenvalue weighted by Gasteiger charge is -2.21. The summed E-state index contributed by atoms with van der Waals surface area (Å²) < 4.78 is 44.2. The number of aryl methyl sites for hydroxylation is 2. The third-order valence-corrected chi connectivity index (χ3v) is 7.27. The van der Waals surface area contributed by atoms with Gasteiger partial charge in [0.15, 0.2) is 11.6 Å². The van der Waals surface area contributed by atoms with Crippen LogP contribution in [-0.4, -0.2) is 46.2 Å². The third kappa shape index (κ3) is 7.86. The molecule has 226 valence electrons. The van der Waals surface area contributed by atoms with E-state index >= 15 is 0 Å². The molecule has 4 aromatic rings. The van der Waals surface area contributed by atoms with E-state index in [0.717, 1.165) is 29.4 Å². The van der Waals surface area contributed by atoms with Crippen molar-refractivity contribution >= 4 is 17.5 Å². The monoisotopic (exact) mass is 592 g/mol. The fraction of sp³-hybridized carbons (Fsp3) is 0.312. The number of rotatable bonds is 9. The van der Waals surface area contributed by atoms with Crippen molar-refractivity contribution in [3.63, 3.8) is 0 Å². The molecule has 43 heavy (non-hydrogen) atoms. The van der Waals surface area contributed by atoms with Gasteiger partial charge in [-0.15, -0.1) is 5.10 Å². The molecule has 0 amide bonds. The summed E-state index contributed by atoms with van der Waals surface area (Å²) in [5.74, 6) is 1.22. The van der Waals surface area contributed by atoms with Crippen LogP contribution in [0.3, 0.4) is 0 Å². The number of ketones is 1. The molecule has 1 aliphatic carbocycles. The van der Waals surface area contributed by atoms with Crippen LogP contribution in [0.4, 0.5) is 18.9 Å². The van der Waals surface area contributed by atoms with Crippen LogP contribution in [0.15, 0.2) is 78.4 Å². The highest BCUT2D eigenvalue weighted by Crippen LogP contribution is 2.32. The molecule has 0 fully saturated rings. The molecule has 0 radical (unpaired) electrons. The molecular weight excluding hydrogens is 557 g/mol. The van der Waals surface area contributed by atoms with E-state index in [1.807, 2.05) is 61.2 Å². The Balaban J connectivity index is 0.000000239. The maximum Gasteiger partial charge on any atom is 0.416 e. The minimum absolute atomic E-state index is 0.0113. The first-order valence-electron chi connectivity index (χ1n) is 14.0. The van der Waals surface area contributed by atoms with Gasteiger partial charge in [0, 0.05) is 37.3 Å². The maximum atomic E-state index is 12.7. The molecule has 1 aliphatic rings. The van der Waals surface area contributed by atoms with Crippen molar-refractivity contribution in [3.8, 4) is 5.75 Å². The molecule has 1 atom stereocenters. The number of fused-ring (bicyclic) bond motifs is 1. The number of Topliss-reactive ketones (excluding diaryl/α,β-unsaturated/α-hetero) is 1. The van der Waals surface area contributed by atoms with Crippen molar-refractivity contribution in [1.29, 1.82) is 0 Å². The summed E-state index contributed by atoms with van der Waals surface area (Å²) in [7, 11) is 1.62. The van der Waals surface area contributed by atoms with Crippen molar-refractivity contribution in [3.05, 3.63) is 106 Å². The SMILES string of the molecule is CCN(CC)c1cccc(C(F)(F)F)c1.COc1ccc2c(c1)C=C(C(N)c1nnnn1CCc1ccccc1)C(=O)C2. The second-order valence-electron chi connectivity index (χ2n) is 9.96. The summed E-state index contributed by atoms with van der Waals surface area (Å²) in [4.78, 5) is 14.6. The van der Waals surface area contributed by atoms with E-state index in [4.69, 9.17) is 10.5 Å². The number of hydrogen-bond acceptors (Lipinski definition) is 7. The van der Waals surface area contributed by atoms with Crippen molar-refractivity contribution in [2.24, 2.45) is 5.73 Å². The highest BCUT2D eigenvalue weighted by Gasteiger charge is 2.31. The molecule has 2 N–H and O–H groups in total. The molecular formula is C32H35F3N6O2. The summed E-state index contributed by atoms with van der Waals surface area (Å²) >= 11 is 0. The molecule has 1 heterocycles. The summed E-state index contributed by atoms with van der Waals surface area (Å²) in [6.07, 6.45) is -1.35. The van der Waals surface area contributed by atoms with Crippen LogP contribution in [0.1, 0.15) is 48.0 Å². The largest absolute Gasteiger partial charge is 0.497 e. The Bertz CT molecular complexity index is 1550. The number of anilines is 1. The van der Waals surface area contributed by atoms with E-state index in [0.29, 0.717) is 43.1 Å². The fourth-order valence-corrected chi connectivity index (χ4v) is 4.86. The predicted molar refractivity (Wildman–Crippen MR) is 160 cm³/mol. The standard InChI is InChI=1S/C21H21N5O2.C11H14F3N/c1-28-17-8-7-15-13-19(27)18(12-16(15)11-17)20(22)21-23-24-25-26(21)10-9-14-5-3-2-4-6-14;1-3-15(4-2)10-7-5-6-9(8-10)11(12,13)14/h2-8,11-12,20H,9-10,13,22H2,1H3;5-8H,3-4H2,1-2H3. The van der Waals surface area contributed by atoms with Crippen molar-refractivity contribution < 1.29 is 22.7 Å². The number of carbonyl (C=O) groups excluding carboxylic acids is 1. The first-order chi connectivity index (χ1) is 20.6. The Morgan fingerprint density at radius 1 is 1.02 bits per heavy atom. The van der Waals surface area contributed by atoms with Crippen LogP contribution in [0, 0.1) is 0 Å². The molecule has 0 aliphatic heterocycles. The molecule has 0 bridgehead atoms. The van der Waals surface area contributed by atoms with Crippen LogP contribution < -0.4 is 15.4 Å². The highest BCUT2D eigenvalue weighted by atomic mass is 19.4. The molecule has 0 saturated heterocycles. The lowest BCUT2D eigenvalue weighted by molar-refractivity contribution is -0.137. The summed E-state index contributed by atoms with van der Waals surface area (Å²) in [5, 5.41) is 11.9. The lowest BCUT2D eigenvalue weighted by atomic mass is 9.87. The average molecular weight is 593 g/mol. The average Bonchev–Trinajstić information content (AvgIpc) is 3.49. The number of aromatic nitrogens is 4. The first-order valence-corrected chi connectivity index (χ1v) is 14.0. The second kappa shape index (κ2) is 14.1. The number of halogens is 3. The second-order valence-corrected chi connectivity index (χ2v) is 9.96. The number of benzene rings is 3. The van der Waals surface area contributed by atoms with Gasteiger partial charge >= 0.3 is 6.18 Å². The predicted octanol–water partition coefficient (Wildman–Crippen LogP) is 5.68. The zero-order valence-electron chi connectivity index (χ0n) is 24.4. The van der Waals surface area contributed by atoms with Crippen molar-refractivity contribution in [1.82, 2.24) is 20.2 Å². The van der Waals surface area contributed by atoms with Gasteiger partial charge in [0.2, 0.25) is 0 Å². The number of methoxy groups -OCH3 is 1. The van der Waals surface area contributed by atoms with Crippen molar-refractivity contribution in [2.75, 3.05) is 25.1 Å². The fourth-order valence-electron chi connectivity index (χ4n) is 4.86. The van der Waals surface area contributed by atoms with Crippen LogP contribution >= 0.6 is 0 Å². The number of alkyl halides is 3. The Labute approximate surface area is 249 Å². The van der Waals surface area contributed by atoms with E-state index in [9.17, 15) is 18.0 Å². The molecule has 11 heteroatoms. The van der Waals surface area contributed by atoms with Crippen LogP contribution in [0.25, 0.3) is 6.08 Å². The zero-order valence-corrected chi connectivity index (χ0v) is 24.4. The Morgan fingerprint density at radius 2 is 1.77 bits per heavy atom. The number of hydrogen-bond donors (Lipinski definition) is 1. The van der Waals surface area contributed by atoms with Crippen LogP contribution in [-0.2, 0) is 30.4 Å². The van der Waals surface area contributed by atoms with Gasteiger partial charge in [-0.3, -0.25) is 4.79 Å². The summed E-state index contributed by atoms with van der Waals surface area (Å²) in [6.45, 7) is 5.84. The van der Waals surface area contributed by atoms with E-state index in [1.165, 1.54) is 17.7 Å². The van der Waals surface area contributed by atoms with Gasteiger partial charge in [0.25, 0.3) is 0 Å². The minimum atomic E-state index is -4.26. The number of tetrazole rings is 1. The quantitative estimate of drug-likeness (QED) is 0.267. The lowest BCUT2D eigenvalue weighted by Crippen LogP contribution is -2.26. The Kier molecular flexibility index (Phi) is 10.3. The van der Waals surface area contributed by atoms with Gasteiger partial charge in [0.1, 0.15) is 5.75 Å². The first kappa shape index (κ1) is 31.4. The molecule has 3 aromatic carbocycles. The van der Waals surface area contributed by atoms with Gasteiger partial charge in [-0.25, -0.2) is 4.68 Å². The molecule has 0 saturated carbocycles. The minimum Gasteiger partial charge on any atom is -0.497 e. The number of ether oxygens (including phenoxy) is 1. The zero-order chi connectivity index (χ0) is 31.0. The van der Waals surface area contributed by atoms with E-state index in [2.05, 4.69) is 27.7 Å².